The molecule has 1 N–H and O–H groups in total. The summed E-state index contributed by atoms with van der Waals surface area (Å²) in [6.07, 6.45) is 1.27. The van der Waals surface area contributed by atoms with Gasteiger partial charge in [0.1, 0.15) is 29.8 Å². The van der Waals surface area contributed by atoms with Gasteiger partial charge in [-0.3, -0.25) is 0 Å². The van der Waals surface area contributed by atoms with Crippen LogP contribution in [0.1, 0.15) is 18.4 Å². The third-order valence-electron chi connectivity index (χ3n) is 5.24. The first-order valence-corrected chi connectivity index (χ1v) is 8.87. The molecule has 7 heteroatoms. The summed E-state index contributed by atoms with van der Waals surface area (Å²) in [5.74, 6) is 1.36. The Labute approximate surface area is 151 Å². The number of benzene rings is 1. The molecule has 6 nitrogen and oxygen atoms in total. The summed E-state index contributed by atoms with van der Waals surface area (Å²) >= 11 is 0. The van der Waals surface area contributed by atoms with Crippen molar-refractivity contribution in [1.29, 1.82) is 0 Å². The van der Waals surface area contributed by atoms with Crippen molar-refractivity contribution >= 4 is 6.09 Å². The van der Waals surface area contributed by atoms with Gasteiger partial charge >= 0.3 is 6.09 Å². The number of rotatable bonds is 4. The predicted molar refractivity (Wildman–Crippen MR) is 92.2 cm³/mol. The summed E-state index contributed by atoms with van der Waals surface area (Å²) in [5.41, 5.74) is 0.602. The number of likely N-dealkylation sites (tertiary alicyclic amines) is 1. The lowest BCUT2D eigenvalue weighted by molar-refractivity contribution is -0.0358. The maximum atomic E-state index is 13.1. The molecule has 1 aromatic carbocycles. The van der Waals surface area contributed by atoms with Crippen LogP contribution in [-0.4, -0.2) is 48.9 Å². The number of amides is 1. The van der Waals surface area contributed by atoms with Crippen LogP contribution in [0, 0.1) is 18.7 Å². The second-order valence-corrected chi connectivity index (χ2v) is 7.54. The lowest BCUT2D eigenvalue weighted by Gasteiger charge is -2.46. The van der Waals surface area contributed by atoms with Crippen molar-refractivity contribution in [2.75, 3.05) is 26.3 Å². The van der Waals surface area contributed by atoms with Gasteiger partial charge < -0.3 is 24.4 Å². The van der Waals surface area contributed by atoms with Gasteiger partial charge in [-0.05, 0) is 56.0 Å². The number of halogens is 1. The Balaban J connectivity index is 1.15. The highest BCUT2D eigenvalue weighted by Crippen LogP contribution is 2.33. The highest BCUT2D eigenvalue weighted by Gasteiger charge is 2.50. The van der Waals surface area contributed by atoms with E-state index in [1.807, 2.05) is 6.92 Å². The van der Waals surface area contributed by atoms with E-state index in [2.05, 4.69) is 11.9 Å². The van der Waals surface area contributed by atoms with Crippen molar-refractivity contribution < 1.29 is 23.4 Å². The molecule has 1 aromatic rings. The summed E-state index contributed by atoms with van der Waals surface area (Å²) in [6.45, 7) is 7.80. The fourth-order valence-electron chi connectivity index (χ4n) is 3.68. The van der Waals surface area contributed by atoms with Crippen LogP contribution in [0.3, 0.4) is 0 Å². The molecule has 0 atom stereocenters. The monoisotopic (exact) mass is 362 g/mol. The average molecular weight is 362 g/mol. The van der Waals surface area contributed by atoms with Crippen molar-refractivity contribution in [2.45, 2.75) is 31.4 Å². The number of nitrogens with one attached hydrogen (secondary N) is 1. The van der Waals surface area contributed by atoms with Crippen molar-refractivity contribution in [1.82, 2.24) is 10.2 Å². The maximum absolute atomic E-state index is 13.1. The normalized spacial score (nSPS) is 25.8. The number of carbonyl (C=O) groups is 1. The Hall–Kier alpha value is -2.44. The quantitative estimate of drug-likeness (QED) is 0.892. The van der Waals surface area contributed by atoms with E-state index >= 15 is 0 Å². The number of hydrogen-bond donors (Lipinski definition) is 1. The van der Waals surface area contributed by atoms with Gasteiger partial charge in [0.15, 0.2) is 5.88 Å². The van der Waals surface area contributed by atoms with Gasteiger partial charge in [-0.2, -0.15) is 0 Å². The van der Waals surface area contributed by atoms with Crippen LogP contribution in [0.4, 0.5) is 9.18 Å². The molecule has 140 valence electrons. The van der Waals surface area contributed by atoms with Gasteiger partial charge in [0.25, 0.3) is 0 Å². The van der Waals surface area contributed by atoms with E-state index in [1.54, 1.807) is 11.0 Å². The zero-order valence-corrected chi connectivity index (χ0v) is 14.8. The zero-order valence-electron chi connectivity index (χ0n) is 14.8. The SMILES string of the molecule is C=C1NC2(CO1)CN(C(=O)O[C@H]1C[C@@H](COc3ccc(F)cc3C)C1)C2. The molecule has 1 saturated carbocycles. The van der Waals surface area contributed by atoms with Gasteiger partial charge in [-0.15, -0.1) is 0 Å². The summed E-state index contributed by atoms with van der Waals surface area (Å²) in [4.78, 5) is 13.8. The second kappa shape index (κ2) is 6.37. The fraction of sp³-hybridized carbons (Fsp3) is 0.526. The van der Waals surface area contributed by atoms with Crippen LogP contribution >= 0.6 is 0 Å². The van der Waals surface area contributed by atoms with Gasteiger partial charge in [0.05, 0.1) is 19.7 Å². The third-order valence-corrected chi connectivity index (χ3v) is 5.24. The Morgan fingerprint density at radius 2 is 2.23 bits per heavy atom. The third kappa shape index (κ3) is 3.30. The van der Waals surface area contributed by atoms with E-state index in [0.29, 0.717) is 43.9 Å². The van der Waals surface area contributed by atoms with Crippen LogP contribution < -0.4 is 10.1 Å². The summed E-state index contributed by atoms with van der Waals surface area (Å²) in [5, 5.41) is 3.17. The largest absolute Gasteiger partial charge is 0.493 e. The molecular weight excluding hydrogens is 339 g/mol. The molecule has 2 heterocycles. The molecule has 4 rings (SSSR count). The van der Waals surface area contributed by atoms with Crippen LogP contribution in [-0.2, 0) is 9.47 Å². The van der Waals surface area contributed by atoms with Crippen molar-refractivity contribution in [3.63, 3.8) is 0 Å². The molecular formula is C19H23FN2O4. The minimum atomic E-state index is -0.270. The fourth-order valence-corrected chi connectivity index (χ4v) is 3.68. The molecule has 1 spiro atoms. The van der Waals surface area contributed by atoms with Gasteiger partial charge in [0.2, 0.25) is 0 Å². The van der Waals surface area contributed by atoms with Crippen LogP contribution in [0.25, 0.3) is 0 Å². The zero-order chi connectivity index (χ0) is 18.3. The predicted octanol–water partition coefficient (Wildman–Crippen LogP) is 2.57. The average Bonchev–Trinajstić information content (AvgIpc) is 2.91. The number of aryl methyl sites for hydroxylation is 1. The van der Waals surface area contributed by atoms with Crippen molar-refractivity contribution in [2.24, 2.45) is 5.92 Å². The van der Waals surface area contributed by atoms with E-state index in [9.17, 15) is 9.18 Å². The van der Waals surface area contributed by atoms with E-state index < -0.39 is 0 Å². The maximum Gasteiger partial charge on any atom is 0.410 e. The van der Waals surface area contributed by atoms with Crippen molar-refractivity contribution in [3.8, 4) is 5.75 Å². The first-order chi connectivity index (χ1) is 12.4. The first kappa shape index (κ1) is 17.0. The highest BCUT2D eigenvalue weighted by molar-refractivity contribution is 5.69. The second-order valence-electron chi connectivity index (χ2n) is 7.54. The molecule has 2 saturated heterocycles. The lowest BCUT2D eigenvalue weighted by Crippen LogP contribution is -2.69. The Morgan fingerprint density at radius 3 is 2.88 bits per heavy atom. The minimum absolute atomic E-state index is 0.0512. The number of nitrogens with zero attached hydrogens (tertiary/aromatic N) is 1. The van der Waals surface area contributed by atoms with Gasteiger partial charge in [-0.1, -0.05) is 0 Å². The molecule has 0 aromatic heterocycles. The Kier molecular flexibility index (Phi) is 4.17. The molecule has 0 bridgehead atoms. The number of ether oxygens (including phenoxy) is 3. The molecule has 1 aliphatic carbocycles. The first-order valence-electron chi connectivity index (χ1n) is 8.87. The van der Waals surface area contributed by atoms with E-state index in [4.69, 9.17) is 14.2 Å². The molecule has 1 amide bonds. The molecule has 0 unspecified atom stereocenters. The summed E-state index contributed by atoms with van der Waals surface area (Å²) in [6, 6.07) is 4.50. The molecule has 2 aliphatic heterocycles. The lowest BCUT2D eigenvalue weighted by atomic mass is 9.83. The summed E-state index contributed by atoms with van der Waals surface area (Å²) in [7, 11) is 0. The Bertz CT molecular complexity index is 726. The number of carbonyl (C=O) groups excluding carboxylic acids is 1. The standard InChI is InChI=1S/C19H23FN2O4/c1-12-5-15(20)3-4-17(12)24-8-14-6-16(7-14)26-18(23)22-9-19(10-22)11-25-13(2)21-19/h3-5,14,16,21H,2,6-11H2,1H3/t14-,16+. The van der Waals surface area contributed by atoms with E-state index in [1.165, 1.54) is 12.1 Å². The van der Waals surface area contributed by atoms with Crippen LogP contribution in [0.2, 0.25) is 0 Å². The van der Waals surface area contributed by atoms with E-state index in [0.717, 1.165) is 18.4 Å². The molecule has 0 radical (unpaired) electrons. The molecule has 3 aliphatic rings. The minimum Gasteiger partial charge on any atom is -0.493 e. The topological polar surface area (TPSA) is 60.0 Å². The molecule has 3 fully saturated rings. The summed E-state index contributed by atoms with van der Waals surface area (Å²) < 4.78 is 29.7. The Morgan fingerprint density at radius 1 is 1.46 bits per heavy atom. The number of hydrogen-bond acceptors (Lipinski definition) is 5. The van der Waals surface area contributed by atoms with Gasteiger partial charge in [-0.25, -0.2) is 9.18 Å². The molecule has 26 heavy (non-hydrogen) atoms. The van der Waals surface area contributed by atoms with Crippen LogP contribution in [0.5, 0.6) is 5.75 Å². The van der Waals surface area contributed by atoms with E-state index in [-0.39, 0.29) is 23.6 Å². The van der Waals surface area contributed by atoms with Crippen LogP contribution in [0.15, 0.2) is 30.7 Å². The van der Waals surface area contributed by atoms with Gasteiger partial charge in [0, 0.05) is 0 Å². The highest BCUT2D eigenvalue weighted by atomic mass is 19.1. The van der Waals surface area contributed by atoms with Crippen molar-refractivity contribution in [3.05, 3.63) is 42.0 Å². The smallest absolute Gasteiger partial charge is 0.410 e.